The number of para-hydroxylation sites is 3. The molecule has 0 saturated carbocycles. The van der Waals surface area contributed by atoms with Gasteiger partial charge in [0.25, 0.3) is 0 Å². The van der Waals surface area contributed by atoms with Crippen LogP contribution < -0.4 is 15.0 Å². The topological polar surface area (TPSA) is 67.0 Å². The molecule has 0 spiro atoms. The molecule has 10 heteroatoms. The number of aliphatic imine (C=N–C) groups is 2. The Balaban J connectivity index is 1.48. The van der Waals surface area contributed by atoms with Crippen molar-refractivity contribution in [1.82, 2.24) is 9.78 Å². The highest BCUT2D eigenvalue weighted by Gasteiger charge is 2.41. The van der Waals surface area contributed by atoms with Crippen molar-refractivity contribution in [3.8, 4) is 11.4 Å². The summed E-state index contributed by atoms with van der Waals surface area (Å²) in [7, 11) is 1.59. The zero-order chi connectivity index (χ0) is 29.0. The summed E-state index contributed by atoms with van der Waals surface area (Å²) in [5.41, 5.74) is 6.10. The number of aryl methyl sites for hydroxylation is 1. The fourth-order valence-electron chi connectivity index (χ4n) is 5.43. The first-order valence-electron chi connectivity index (χ1n) is 13.2. The first kappa shape index (κ1) is 26.6. The van der Waals surface area contributed by atoms with Crippen LogP contribution in [0.2, 0.25) is 15.1 Å². The molecule has 1 aromatic heterocycles. The fraction of sp³-hybridized carbons (Fsp3) is 0.0938. The number of hydrogen-bond acceptors (Lipinski definition) is 6. The molecule has 0 unspecified atom stereocenters. The highest BCUT2D eigenvalue weighted by molar-refractivity contribution is 6.51. The predicted molar refractivity (Wildman–Crippen MR) is 171 cm³/mol. The van der Waals surface area contributed by atoms with Crippen LogP contribution in [0, 0.1) is 6.92 Å². The lowest BCUT2D eigenvalue weighted by atomic mass is 9.93. The Bertz CT molecular complexity index is 1920. The largest absolute Gasteiger partial charge is 0.495 e. The van der Waals surface area contributed by atoms with E-state index in [1.807, 2.05) is 96.5 Å². The maximum absolute atomic E-state index is 6.59. The zero-order valence-corrected chi connectivity index (χ0v) is 24.8. The van der Waals surface area contributed by atoms with Crippen LogP contribution in [0.25, 0.3) is 5.69 Å². The van der Waals surface area contributed by atoms with E-state index in [0.717, 1.165) is 39.6 Å². The number of ether oxygens (including phenoxy) is 1. The van der Waals surface area contributed by atoms with Gasteiger partial charge in [0.15, 0.2) is 17.5 Å². The molecule has 2 aliphatic heterocycles. The number of fused-ring (bicyclic) bond motifs is 4. The summed E-state index contributed by atoms with van der Waals surface area (Å²) in [5.74, 6) is 2.48. The van der Waals surface area contributed by atoms with Gasteiger partial charge in [-0.15, -0.1) is 0 Å². The molecule has 5 aromatic rings. The van der Waals surface area contributed by atoms with Gasteiger partial charge in [-0.05, 0) is 67.1 Å². The molecule has 7 rings (SSSR count). The molecule has 0 bridgehead atoms. The van der Waals surface area contributed by atoms with Crippen molar-refractivity contribution < 1.29 is 4.74 Å². The van der Waals surface area contributed by atoms with Crippen molar-refractivity contribution in [2.24, 2.45) is 9.98 Å². The van der Waals surface area contributed by atoms with Crippen LogP contribution in [0.4, 0.5) is 22.9 Å². The van der Waals surface area contributed by atoms with Crippen molar-refractivity contribution in [2.75, 3.05) is 17.3 Å². The normalized spacial score (nSPS) is 15.3. The molecule has 3 heterocycles. The van der Waals surface area contributed by atoms with E-state index in [1.165, 1.54) is 0 Å². The maximum Gasteiger partial charge on any atom is 0.179 e. The van der Waals surface area contributed by atoms with Crippen LogP contribution in [-0.4, -0.2) is 28.6 Å². The molecule has 0 radical (unpaired) electrons. The third kappa shape index (κ3) is 4.41. The summed E-state index contributed by atoms with van der Waals surface area (Å²) in [6, 6.07) is 28.9. The Hall–Kier alpha value is -4.30. The van der Waals surface area contributed by atoms with Gasteiger partial charge in [0.05, 0.1) is 51.0 Å². The summed E-state index contributed by atoms with van der Waals surface area (Å²) >= 11 is 19.4. The van der Waals surface area contributed by atoms with E-state index in [2.05, 4.69) is 10.2 Å². The van der Waals surface area contributed by atoms with Crippen LogP contribution >= 0.6 is 34.8 Å². The van der Waals surface area contributed by atoms with Gasteiger partial charge in [-0.2, -0.15) is 5.10 Å². The van der Waals surface area contributed by atoms with Crippen LogP contribution in [0.5, 0.6) is 5.75 Å². The van der Waals surface area contributed by atoms with Gasteiger partial charge in [0.1, 0.15) is 5.75 Å². The van der Waals surface area contributed by atoms with E-state index in [0.29, 0.717) is 38.3 Å². The van der Waals surface area contributed by atoms with Crippen molar-refractivity contribution in [2.45, 2.75) is 13.0 Å². The molecule has 0 aliphatic carbocycles. The number of aromatic nitrogens is 2. The fourth-order valence-corrected chi connectivity index (χ4v) is 5.99. The molecule has 2 aliphatic rings. The van der Waals surface area contributed by atoms with E-state index < -0.39 is 0 Å². The SMILES string of the molecule is COc1ccc(NC2=Nc3ccccc3N3C2=Nc2c(c(C)nn2-c2ccccc2)[C@@H]3c2ccc(Cl)c(Cl)c2)cc1Cl. The number of nitrogens with zero attached hydrogens (tertiary/aromatic N) is 5. The lowest BCUT2D eigenvalue weighted by molar-refractivity contribution is 0.415. The Morgan fingerprint density at radius 2 is 1.60 bits per heavy atom. The highest BCUT2D eigenvalue weighted by atomic mass is 35.5. The second kappa shape index (κ2) is 10.5. The molecule has 0 saturated heterocycles. The average molecular weight is 614 g/mol. The second-order valence-corrected chi connectivity index (χ2v) is 11.1. The number of anilines is 2. The van der Waals surface area contributed by atoms with E-state index >= 15 is 0 Å². The molecule has 4 aromatic carbocycles. The minimum atomic E-state index is -0.326. The number of rotatable bonds is 4. The number of halogens is 3. The molecule has 42 heavy (non-hydrogen) atoms. The standard InChI is InChI=1S/C32H23Cl3N6O/c1-18-28-29(19-12-14-22(33)23(34)16-19)40-26-11-7-6-10-25(26)37-30(36-20-13-15-27(42-2)24(35)17-20)32(40)38-31(28)41(39-18)21-8-4-3-5-9-21/h3-17,29H,1-2H3,(H,36,37)/t29-/m0/s1. The Morgan fingerprint density at radius 3 is 2.36 bits per heavy atom. The molecular weight excluding hydrogens is 591 g/mol. The van der Waals surface area contributed by atoms with Gasteiger partial charge in [-0.25, -0.2) is 14.7 Å². The van der Waals surface area contributed by atoms with Crippen LogP contribution in [0.15, 0.2) is 101 Å². The molecular formula is C32H23Cl3N6O. The lowest BCUT2D eigenvalue weighted by Gasteiger charge is -2.40. The Morgan fingerprint density at radius 1 is 0.810 bits per heavy atom. The number of methoxy groups -OCH3 is 1. The first-order valence-corrected chi connectivity index (χ1v) is 14.3. The van der Waals surface area contributed by atoms with Gasteiger partial charge in [0, 0.05) is 11.3 Å². The summed E-state index contributed by atoms with van der Waals surface area (Å²) in [5, 5.41) is 9.87. The van der Waals surface area contributed by atoms with Gasteiger partial charge >= 0.3 is 0 Å². The van der Waals surface area contributed by atoms with E-state index in [9.17, 15) is 0 Å². The molecule has 1 N–H and O–H groups in total. The van der Waals surface area contributed by atoms with Crippen molar-refractivity contribution in [3.05, 3.63) is 123 Å². The third-order valence-corrected chi connectivity index (χ3v) is 8.35. The predicted octanol–water partition coefficient (Wildman–Crippen LogP) is 8.94. The van der Waals surface area contributed by atoms with Gasteiger partial charge in [0.2, 0.25) is 0 Å². The Labute approximate surface area is 257 Å². The summed E-state index contributed by atoms with van der Waals surface area (Å²) in [4.78, 5) is 12.4. The third-order valence-electron chi connectivity index (χ3n) is 7.31. The minimum Gasteiger partial charge on any atom is -0.495 e. The second-order valence-electron chi connectivity index (χ2n) is 9.87. The average Bonchev–Trinajstić information content (AvgIpc) is 3.34. The van der Waals surface area contributed by atoms with Gasteiger partial charge < -0.3 is 15.0 Å². The minimum absolute atomic E-state index is 0.326. The van der Waals surface area contributed by atoms with E-state index in [1.54, 1.807) is 13.2 Å². The smallest absolute Gasteiger partial charge is 0.179 e. The number of nitrogens with one attached hydrogen (secondary N) is 1. The van der Waals surface area contributed by atoms with Gasteiger partial charge in [-0.1, -0.05) is 71.2 Å². The maximum atomic E-state index is 6.59. The zero-order valence-electron chi connectivity index (χ0n) is 22.5. The number of benzene rings is 4. The van der Waals surface area contributed by atoms with Gasteiger partial charge in [-0.3, -0.25) is 0 Å². The summed E-state index contributed by atoms with van der Waals surface area (Å²) in [6.45, 7) is 2.01. The molecule has 1 atom stereocenters. The van der Waals surface area contributed by atoms with Crippen molar-refractivity contribution in [3.63, 3.8) is 0 Å². The lowest BCUT2D eigenvalue weighted by Crippen LogP contribution is -2.46. The van der Waals surface area contributed by atoms with Crippen molar-refractivity contribution in [1.29, 1.82) is 0 Å². The molecule has 0 fully saturated rings. The van der Waals surface area contributed by atoms with Crippen LogP contribution in [-0.2, 0) is 0 Å². The Kier molecular flexibility index (Phi) is 6.66. The molecule has 208 valence electrons. The van der Waals surface area contributed by atoms with E-state index in [4.69, 9.17) is 54.6 Å². The monoisotopic (exact) mass is 612 g/mol. The first-order chi connectivity index (χ1) is 20.4. The van der Waals surface area contributed by atoms with Crippen LogP contribution in [0.1, 0.15) is 22.9 Å². The van der Waals surface area contributed by atoms with E-state index in [-0.39, 0.29) is 6.04 Å². The summed E-state index contributed by atoms with van der Waals surface area (Å²) < 4.78 is 7.23. The van der Waals surface area contributed by atoms with Crippen molar-refractivity contribution >= 4 is 69.4 Å². The number of amidine groups is 2. The summed E-state index contributed by atoms with van der Waals surface area (Å²) in [6.07, 6.45) is 0. The molecule has 0 amide bonds. The van der Waals surface area contributed by atoms with Crippen LogP contribution in [0.3, 0.4) is 0 Å². The quantitative estimate of drug-likeness (QED) is 0.220. The molecule has 7 nitrogen and oxygen atoms in total. The number of hydrogen-bond donors (Lipinski definition) is 1. The highest BCUT2D eigenvalue weighted by Crippen LogP contribution is 2.49.